The summed E-state index contributed by atoms with van der Waals surface area (Å²) >= 11 is 1.65. The molecule has 2 atom stereocenters. The number of likely N-dealkylation sites (N-methyl/N-ethyl adjacent to an activating group) is 1. The quantitative estimate of drug-likeness (QED) is 0.133. The lowest BCUT2D eigenvalue weighted by Gasteiger charge is -2.54. The van der Waals surface area contributed by atoms with E-state index in [0.29, 0.717) is 12.3 Å². The first kappa shape index (κ1) is 43.8. The van der Waals surface area contributed by atoms with Crippen LogP contribution in [0, 0.1) is 44.3 Å². The Balaban J connectivity index is 3.68. The van der Waals surface area contributed by atoms with Crippen LogP contribution in [0.1, 0.15) is 108 Å². The van der Waals surface area contributed by atoms with Crippen molar-refractivity contribution in [1.29, 1.82) is 5.26 Å². The van der Waals surface area contributed by atoms with Crippen molar-refractivity contribution in [2.24, 2.45) is 33.0 Å². The van der Waals surface area contributed by atoms with Crippen LogP contribution in [0.3, 0.4) is 0 Å². The molecule has 0 aliphatic rings. The van der Waals surface area contributed by atoms with Crippen LogP contribution in [0.4, 0.5) is 13.2 Å². The summed E-state index contributed by atoms with van der Waals surface area (Å²) in [6, 6.07) is 12.3. The van der Waals surface area contributed by atoms with Crippen molar-refractivity contribution in [3.8, 4) is 6.07 Å². The molecule has 274 valence electrons. The van der Waals surface area contributed by atoms with E-state index in [1.165, 1.54) is 0 Å². The maximum atomic E-state index is 14.3. The van der Waals surface area contributed by atoms with Crippen LogP contribution in [0.5, 0.6) is 0 Å². The Bertz CT molecular complexity index is 1230. The summed E-state index contributed by atoms with van der Waals surface area (Å²) in [4.78, 5) is 30.2. The lowest BCUT2D eigenvalue weighted by atomic mass is 9.51. The fourth-order valence-corrected chi connectivity index (χ4v) is 7.08. The van der Waals surface area contributed by atoms with Gasteiger partial charge in [-0.3, -0.25) is 9.59 Å². The third-order valence-electron chi connectivity index (χ3n) is 11.5. The number of ether oxygens (including phenoxy) is 2. The fraction of sp³-hybridized carbons (Fsp3) is 0.763. The molecule has 0 heterocycles. The minimum absolute atomic E-state index is 0.109. The Morgan fingerprint density at radius 2 is 1.42 bits per heavy atom. The largest absolute Gasteiger partial charge is 0.464 e. The second kappa shape index (κ2) is 16.6. The summed E-state index contributed by atoms with van der Waals surface area (Å²) < 4.78 is 50.0. The zero-order valence-corrected chi connectivity index (χ0v) is 32.5. The van der Waals surface area contributed by atoms with Crippen molar-refractivity contribution in [2.45, 2.75) is 120 Å². The monoisotopic (exact) mass is 698 g/mol. The molecule has 0 fully saturated rings. The molecule has 0 bridgehead atoms. The van der Waals surface area contributed by atoms with Crippen LogP contribution >= 0.6 is 11.8 Å². The second-order valence-electron chi connectivity index (χ2n) is 16.2. The van der Waals surface area contributed by atoms with Crippen molar-refractivity contribution < 1.29 is 32.2 Å². The van der Waals surface area contributed by atoms with Gasteiger partial charge >= 0.3 is 18.1 Å². The summed E-state index contributed by atoms with van der Waals surface area (Å²) in [5.41, 5.74) is -3.41. The van der Waals surface area contributed by atoms with Crippen LogP contribution in [0.2, 0.25) is 0 Å². The molecule has 0 aliphatic heterocycles. The highest BCUT2D eigenvalue weighted by Gasteiger charge is 2.57. The molecular formula is C38H61F3N2O4S. The molecule has 0 saturated carbocycles. The van der Waals surface area contributed by atoms with Gasteiger partial charge < -0.3 is 14.4 Å². The van der Waals surface area contributed by atoms with Gasteiger partial charge in [-0.1, -0.05) is 85.7 Å². The summed E-state index contributed by atoms with van der Waals surface area (Å²) in [7, 11) is 0. The number of esters is 2. The van der Waals surface area contributed by atoms with Gasteiger partial charge in [-0.2, -0.15) is 18.4 Å². The Labute approximate surface area is 292 Å². The first-order chi connectivity index (χ1) is 21.7. The molecule has 0 aromatic heterocycles. The molecule has 0 saturated heterocycles. The highest BCUT2D eigenvalue weighted by Crippen LogP contribution is 2.59. The van der Waals surface area contributed by atoms with Crippen molar-refractivity contribution in [3.63, 3.8) is 0 Å². The molecule has 0 spiro atoms. The smallest absolute Gasteiger partial charge is 0.422 e. The lowest BCUT2D eigenvalue weighted by Crippen LogP contribution is -2.54. The van der Waals surface area contributed by atoms with E-state index in [1.54, 1.807) is 25.6 Å². The van der Waals surface area contributed by atoms with Gasteiger partial charge in [-0.15, -0.1) is 11.8 Å². The van der Waals surface area contributed by atoms with Gasteiger partial charge in [0.15, 0.2) is 6.61 Å². The zero-order chi connectivity index (χ0) is 37.4. The maximum absolute atomic E-state index is 14.3. The van der Waals surface area contributed by atoms with Gasteiger partial charge in [0.05, 0.1) is 22.8 Å². The number of carbonyl (C=O) groups excluding carboxylic acids is 2. The van der Waals surface area contributed by atoms with Crippen LogP contribution < -0.4 is 0 Å². The van der Waals surface area contributed by atoms with E-state index in [2.05, 4.69) is 24.8 Å². The number of halogens is 3. The van der Waals surface area contributed by atoms with E-state index >= 15 is 0 Å². The summed E-state index contributed by atoms with van der Waals surface area (Å²) in [6.45, 7) is 25.7. The molecule has 1 aromatic rings. The van der Waals surface area contributed by atoms with E-state index in [9.17, 15) is 28.0 Å². The molecule has 48 heavy (non-hydrogen) atoms. The number of rotatable bonds is 19. The predicted molar refractivity (Wildman–Crippen MR) is 189 cm³/mol. The maximum Gasteiger partial charge on any atom is 0.422 e. The first-order valence-electron chi connectivity index (χ1n) is 17.0. The topological polar surface area (TPSA) is 79.6 Å². The van der Waals surface area contributed by atoms with E-state index in [0.717, 1.165) is 18.7 Å². The summed E-state index contributed by atoms with van der Waals surface area (Å²) in [6.07, 6.45) is -4.30. The third kappa shape index (κ3) is 11.1. The summed E-state index contributed by atoms with van der Waals surface area (Å²) in [5.74, 6) is -1.68. The third-order valence-corrected chi connectivity index (χ3v) is 13.2. The molecule has 2 unspecified atom stereocenters. The van der Waals surface area contributed by atoms with Gasteiger partial charge in [-0.25, -0.2) is 0 Å². The predicted octanol–water partition coefficient (Wildman–Crippen LogP) is 9.72. The molecular weight excluding hydrogens is 637 g/mol. The van der Waals surface area contributed by atoms with Crippen molar-refractivity contribution in [2.75, 3.05) is 32.8 Å². The highest BCUT2D eigenvalue weighted by atomic mass is 32.2. The Hall–Kier alpha value is -2.25. The van der Waals surface area contributed by atoms with Crippen LogP contribution in [0.15, 0.2) is 30.3 Å². The van der Waals surface area contributed by atoms with Crippen LogP contribution in [-0.2, 0) is 24.8 Å². The first-order valence-corrected chi connectivity index (χ1v) is 17.9. The number of carbonyl (C=O) groups is 2. The lowest BCUT2D eigenvalue weighted by molar-refractivity contribution is -0.196. The molecule has 0 amide bonds. The van der Waals surface area contributed by atoms with Crippen LogP contribution in [0.25, 0.3) is 0 Å². The Morgan fingerprint density at radius 3 is 1.90 bits per heavy atom. The molecule has 0 aliphatic carbocycles. The zero-order valence-electron chi connectivity index (χ0n) is 31.7. The highest BCUT2D eigenvalue weighted by molar-refractivity contribution is 7.99. The average Bonchev–Trinajstić information content (AvgIpc) is 2.99. The summed E-state index contributed by atoms with van der Waals surface area (Å²) in [5, 5.41) is 9.96. The normalized spacial score (nSPS) is 15.4. The molecule has 0 N–H and O–H groups in total. The second-order valence-corrected chi connectivity index (χ2v) is 17.8. The van der Waals surface area contributed by atoms with Gasteiger partial charge in [0.1, 0.15) is 6.61 Å². The van der Waals surface area contributed by atoms with Gasteiger partial charge in [0, 0.05) is 17.0 Å². The molecule has 1 aromatic carbocycles. The van der Waals surface area contributed by atoms with Crippen molar-refractivity contribution in [1.82, 2.24) is 4.90 Å². The standard InChI is InChI=1S/C38H61F3N2O4S/c1-14-43(15-2)21-22-46-31(45)37(13,36(11,12)48-24-28-19-17-16-18-20-28)25-33(5,6)35(9,10)29(30(44)47-27-38(39,40)41)23-32(3,4)34(7,8)26-42/h16-20,29H,14-15,21-25,27H2,1-13H3. The van der Waals surface area contributed by atoms with Gasteiger partial charge in [0.2, 0.25) is 0 Å². The number of nitriles is 1. The SMILES string of the molecule is CCN(CC)CCOC(=O)C(C)(CC(C)(C)C(C)(C)C(CC(C)(C)C(C)(C)C#N)C(=O)OCC(F)(F)F)C(C)(C)SCc1ccccc1. The number of alkyl halides is 3. The molecule has 6 nitrogen and oxygen atoms in total. The number of thioether (sulfide) groups is 1. The van der Waals surface area contributed by atoms with Gasteiger partial charge in [-0.05, 0) is 82.4 Å². The van der Waals surface area contributed by atoms with Crippen molar-refractivity contribution in [3.05, 3.63) is 35.9 Å². The number of hydrogen-bond donors (Lipinski definition) is 0. The van der Waals surface area contributed by atoms with E-state index in [4.69, 9.17) is 9.47 Å². The molecule has 0 radical (unpaired) electrons. The Morgan fingerprint density at radius 1 is 0.875 bits per heavy atom. The van der Waals surface area contributed by atoms with E-state index in [1.807, 2.05) is 92.6 Å². The number of hydrogen-bond acceptors (Lipinski definition) is 7. The minimum atomic E-state index is -4.69. The average molecular weight is 699 g/mol. The van der Waals surface area contributed by atoms with Crippen LogP contribution in [-0.4, -0.2) is 60.6 Å². The minimum Gasteiger partial charge on any atom is -0.464 e. The molecule has 1 rings (SSSR count). The fourth-order valence-electron chi connectivity index (χ4n) is 5.88. The Kier molecular flexibility index (Phi) is 15.2. The molecule has 10 heteroatoms. The van der Waals surface area contributed by atoms with E-state index < -0.39 is 56.5 Å². The van der Waals surface area contributed by atoms with Crippen molar-refractivity contribution >= 4 is 23.7 Å². The van der Waals surface area contributed by atoms with Gasteiger partial charge in [0.25, 0.3) is 0 Å². The number of benzene rings is 1. The van der Waals surface area contributed by atoms with E-state index in [-0.39, 0.29) is 25.4 Å². The number of nitrogens with zero attached hydrogens (tertiary/aromatic N) is 2.